The minimum absolute atomic E-state index is 0.384. The Balaban J connectivity index is 0. The van der Waals surface area contributed by atoms with E-state index in [2.05, 4.69) is 30.2 Å². The third kappa shape index (κ3) is 9.72. The molecule has 0 aromatic rings. The highest BCUT2D eigenvalue weighted by Gasteiger charge is 2.05. The molecule has 0 bridgehead atoms. The summed E-state index contributed by atoms with van der Waals surface area (Å²) in [6.07, 6.45) is 0.911. The molecule has 0 saturated carbocycles. The van der Waals surface area contributed by atoms with E-state index in [0.29, 0.717) is 5.57 Å². The van der Waals surface area contributed by atoms with E-state index in [9.17, 15) is 14.4 Å². The highest BCUT2D eigenvalue weighted by atomic mass is 16.5. The number of esters is 1. The smallest absolute Gasteiger partial charge is 0.335 e. The zero-order chi connectivity index (χ0) is 13.3. The van der Waals surface area contributed by atoms with Gasteiger partial charge in [0.25, 0.3) is 5.91 Å². The average molecular weight is 226 g/mol. The highest BCUT2D eigenvalue weighted by Crippen LogP contribution is 1.91. The van der Waals surface area contributed by atoms with Crippen LogP contribution in [0.5, 0.6) is 0 Å². The molecule has 6 nitrogen and oxygen atoms in total. The molecule has 0 aliphatic heterocycles. The molecule has 0 spiro atoms. The lowest BCUT2D eigenvalue weighted by molar-refractivity contribution is -0.137. The molecule has 88 valence electrons. The molecule has 0 saturated heterocycles. The van der Waals surface area contributed by atoms with Crippen LogP contribution in [0.15, 0.2) is 37.1 Å². The van der Waals surface area contributed by atoms with Crippen molar-refractivity contribution in [2.75, 3.05) is 0 Å². The number of hydrogen-bond donors (Lipinski definition) is 2. The molecular weight excluding hydrogens is 212 g/mol. The fraction of sp³-hybridized carbons (Fsp3) is 0.100. The van der Waals surface area contributed by atoms with E-state index in [0.717, 1.165) is 6.08 Å². The Morgan fingerprint density at radius 3 is 1.69 bits per heavy atom. The number of rotatable bonds is 4. The van der Waals surface area contributed by atoms with E-state index in [-0.39, 0.29) is 5.76 Å². The number of primary amides is 2. The lowest BCUT2D eigenvalue weighted by atomic mass is 10.3. The van der Waals surface area contributed by atoms with Crippen LogP contribution in [0.25, 0.3) is 0 Å². The van der Waals surface area contributed by atoms with Gasteiger partial charge in [-0.25, -0.2) is 4.79 Å². The molecular formula is C10H14N2O4. The van der Waals surface area contributed by atoms with Gasteiger partial charge in [-0.05, 0) is 6.92 Å². The molecule has 2 amide bonds. The van der Waals surface area contributed by atoms with E-state index < -0.39 is 17.8 Å². The van der Waals surface area contributed by atoms with Crippen molar-refractivity contribution in [1.29, 1.82) is 0 Å². The van der Waals surface area contributed by atoms with Crippen molar-refractivity contribution in [3.05, 3.63) is 37.1 Å². The number of ether oxygens (including phenoxy) is 1. The van der Waals surface area contributed by atoms with Gasteiger partial charge in [-0.1, -0.05) is 19.7 Å². The number of hydrogen-bond acceptors (Lipinski definition) is 4. The Hall–Kier alpha value is -2.37. The fourth-order valence-corrected chi connectivity index (χ4v) is 0.213. The molecule has 16 heavy (non-hydrogen) atoms. The molecule has 0 aromatic carbocycles. The van der Waals surface area contributed by atoms with E-state index in [1.54, 1.807) is 6.92 Å². The summed E-state index contributed by atoms with van der Waals surface area (Å²) < 4.78 is 4.23. The van der Waals surface area contributed by atoms with Crippen LogP contribution in [0.1, 0.15) is 6.92 Å². The molecule has 0 aliphatic rings. The van der Waals surface area contributed by atoms with Crippen molar-refractivity contribution in [2.45, 2.75) is 6.92 Å². The Morgan fingerprint density at radius 1 is 1.12 bits per heavy atom. The zero-order valence-electron chi connectivity index (χ0n) is 8.99. The predicted molar refractivity (Wildman–Crippen MR) is 58.6 cm³/mol. The molecule has 0 radical (unpaired) electrons. The maximum absolute atomic E-state index is 10.3. The predicted octanol–water partition coefficient (Wildman–Crippen LogP) is -0.238. The molecule has 6 heteroatoms. The van der Waals surface area contributed by atoms with Crippen LogP contribution in [0.4, 0.5) is 0 Å². The van der Waals surface area contributed by atoms with Crippen LogP contribution in [-0.4, -0.2) is 17.8 Å². The van der Waals surface area contributed by atoms with E-state index >= 15 is 0 Å². The second kappa shape index (κ2) is 7.98. The van der Waals surface area contributed by atoms with Crippen molar-refractivity contribution >= 4 is 17.8 Å². The first-order chi connectivity index (χ1) is 7.22. The Bertz CT molecular complexity index is 333. The molecule has 0 heterocycles. The summed E-state index contributed by atoms with van der Waals surface area (Å²) in [6, 6.07) is 0. The summed E-state index contributed by atoms with van der Waals surface area (Å²) in [5.41, 5.74) is 9.78. The fourth-order valence-electron chi connectivity index (χ4n) is 0.213. The van der Waals surface area contributed by atoms with Gasteiger partial charge in [-0.2, -0.15) is 0 Å². The van der Waals surface area contributed by atoms with Crippen LogP contribution >= 0.6 is 0 Å². The lowest BCUT2D eigenvalue weighted by Crippen LogP contribution is -2.17. The summed E-state index contributed by atoms with van der Waals surface area (Å²) >= 11 is 0. The van der Waals surface area contributed by atoms with E-state index in [4.69, 9.17) is 5.73 Å². The van der Waals surface area contributed by atoms with Gasteiger partial charge in [0.1, 0.15) is 0 Å². The number of carbonyl (C=O) groups is 3. The van der Waals surface area contributed by atoms with Gasteiger partial charge in [0.2, 0.25) is 5.91 Å². The quantitative estimate of drug-likeness (QED) is 0.391. The van der Waals surface area contributed by atoms with Crippen molar-refractivity contribution < 1.29 is 19.1 Å². The number of amides is 2. The zero-order valence-corrected chi connectivity index (χ0v) is 8.99. The summed E-state index contributed by atoms with van der Waals surface area (Å²) in [5, 5.41) is 0. The molecule has 0 atom stereocenters. The third-order valence-corrected chi connectivity index (χ3v) is 1.09. The Kier molecular flexibility index (Phi) is 8.02. The Labute approximate surface area is 93.2 Å². The van der Waals surface area contributed by atoms with Crippen LogP contribution in [0.3, 0.4) is 0 Å². The second-order valence-electron chi connectivity index (χ2n) is 2.56. The van der Waals surface area contributed by atoms with Crippen LogP contribution < -0.4 is 11.5 Å². The largest absolute Gasteiger partial charge is 0.418 e. The average Bonchev–Trinajstić information content (AvgIpc) is 2.18. The SMILES string of the molecule is C=C(C)C(N)=O.C=CC(=O)OC(=C)C(N)=O. The van der Waals surface area contributed by atoms with Crippen molar-refractivity contribution in [3.8, 4) is 0 Å². The lowest BCUT2D eigenvalue weighted by Gasteiger charge is -1.97. The summed E-state index contributed by atoms with van der Waals surface area (Å²) in [5.74, 6) is -2.43. The van der Waals surface area contributed by atoms with Crippen molar-refractivity contribution in [2.24, 2.45) is 11.5 Å². The second-order valence-corrected chi connectivity index (χ2v) is 2.56. The topological polar surface area (TPSA) is 112 Å². The maximum Gasteiger partial charge on any atom is 0.335 e. The van der Waals surface area contributed by atoms with Crippen LogP contribution in [-0.2, 0) is 19.1 Å². The normalized spacial score (nSPS) is 7.81. The van der Waals surface area contributed by atoms with Crippen molar-refractivity contribution in [1.82, 2.24) is 0 Å². The van der Waals surface area contributed by atoms with E-state index in [1.165, 1.54) is 0 Å². The van der Waals surface area contributed by atoms with Crippen molar-refractivity contribution in [3.63, 3.8) is 0 Å². The first kappa shape index (κ1) is 16.1. The minimum atomic E-state index is -0.866. The van der Waals surface area contributed by atoms with Gasteiger partial charge in [0.15, 0.2) is 5.76 Å². The van der Waals surface area contributed by atoms with Gasteiger partial charge in [-0.3, -0.25) is 9.59 Å². The number of carbonyl (C=O) groups excluding carboxylic acids is 3. The molecule has 0 fully saturated rings. The van der Waals surface area contributed by atoms with Gasteiger partial charge >= 0.3 is 5.97 Å². The Morgan fingerprint density at radius 2 is 1.50 bits per heavy atom. The standard InChI is InChI=1S/C6H7NO3.C4H7NO/c1-3-5(8)10-4(2)6(7)9;1-3(2)4(5)6/h3H,1-2H2,(H2,7,9);1H2,2H3,(H2,5,6). The van der Waals surface area contributed by atoms with Gasteiger partial charge in [0, 0.05) is 11.6 Å². The van der Waals surface area contributed by atoms with Gasteiger partial charge in [-0.15, -0.1) is 0 Å². The molecule has 4 N–H and O–H groups in total. The maximum atomic E-state index is 10.3. The summed E-state index contributed by atoms with van der Waals surface area (Å²) in [7, 11) is 0. The molecule has 0 unspecified atom stereocenters. The number of nitrogens with two attached hydrogens (primary N) is 2. The summed E-state index contributed by atoms with van der Waals surface area (Å²) in [6.45, 7) is 11.0. The molecule has 0 aromatic heterocycles. The van der Waals surface area contributed by atoms with Gasteiger partial charge in [0.05, 0.1) is 0 Å². The van der Waals surface area contributed by atoms with E-state index in [1.807, 2.05) is 0 Å². The minimum Gasteiger partial charge on any atom is -0.418 e. The highest BCUT2D eigenvalue weighted by molar-refractivity contribution is 5.93. The molecule has 0 rings (SSSR count). The first-order valence-corrected chi connectivity index (χ1v) is 4.00. The third-order valence-electron chi connectivity index (χ3n) is 1.09. The van der Waals surface area contributed by atoms with Crippen LogP contribution in [0.2, 0.25) is 0 Å². The first-order valence-electron chi connectivity index (χ1n) is 4.00. The summed E-state index contributed by atoms with van der Waals surface area (Å²) in [4.78, 5) is 30.3. The monoisotopic (exact) mass is 226 g/mol. The van der Waals surface area contributed by atoms with Crippen LogP contribution in [0, 0.1) is 0 Å². The molecule has 0 aliphatic carbocycles. The van der Waals surface area contributed by atoms with Gasteiger partial charge < -0.3 is 16.2 Å².